The molecule has 1 aliphatic rings. The molecule has 102 valence electrons. The van der Waals surface area contributed by atoms with Gasteiger partial charge in [0.15, 0.2) is 0 Å². The van der Waals surface area contributed by atoms with Gasteiger partial charge < -0.3 is 10.0 Å². The molecule has 0 spiro atoms. The van der Waals surface area contributed by atoms with Crippen LogP contribution in [0.2, 0.25) is 0 Å². The average molecular weight is 268 g/mol. The summed E-state index contributed by atoms with van der Waals surface area (Å²) in [5.74, 6) is -1.45. The molecule has 1 amide bonds. The van der Waals surface area contributed by atoms with E-state index in [0.29, 0.717) is 13.0 Å². The van der Waals surface area contributed by atoms with Crippen LogP contribution in [0.4, 0.5) is 10.1 Å². The Bertz CT molecular complexity index is 520. The van der Waals surface area contributed by atoms with Crippen molar-refractivity contribution in [2.24, 2.45) is 0 Å². The molecule has 0 saturated carbocycles. The molecule has 0 bridgehead atoms. The van der Waals surface area contributed by atoms with Crippen LogP contribution < -0.4 is 0 Å². The second-order valence-electron chi connectivity index (χ2n) is 4.40. The number of aliphatic hydroxyl groups is 1. The topological polar surface area (TPSA) is 83.7 Å². The number of hydrogen-bond donors (Lipinski definition) is 1. The number of rotatable bonds is 3. The van der Waals surface area contributed by atoms with Gasteiger partial charge in [0.1, 0.15) is 5.82 Å². The van der Waals surface area contributed by atoms with Gasteiger partial charge in [0.2, 0.25) is 0 Å². The fraction of sp³-hybridized carbons (Fsp3) is 0.417. The number of likely N-dealkylation sites (tertiary alicyclic amines) is 1. The van der Waals surface area contributed by atoms with Gasteiger partial charge in [0.25, 0.3) is 11.6 Å². The van der Waals surface area contributed by atoms with Gasteiger partial charge in [-0.15, -0.1) is 0 Å². The molecular formula is C12H13FN2O4. The zero-order valence-corrected chi connectivity index (χ0v) is 10.1. The van der Waals surface area contributed by atoms with E-state index >= 15 is 0 Å². The van der Waals surface area contributed by atoms with E-state index in [2.05, 4.69) is 0 Å². The van der Waals surface area contributed by atoms with Gasteiger partial charge in [0.05, 0.1) is 29.2 Å². The van der Waals surface area contributed by atoms with Crippen molar-refractivity contribution in [1.82, 2.24) is 4.90 Å². The molecule has 0 aromatic heterocycles. The number of hydrogen-bond acceptors (Lipinski definition) is 4. The Balaban J connectivity index is 2.26. The van der Waals surface area contributed by atoms with Crippen molar-refractivity contribution in [2.75, 3.05) is 13.2 Å². The summed E-state index contributed by atoms with van der Waals surface area (Å²) in [5.41, 5.74) is -0.597. The van der Waals surface area contributed by atoms with E-state index < -0.39 is 22.3 Å². The first kappa shape index (κ1) is 13.4. The number of nitro groups is 1. The quantitative estimate of drug-likeness (QED) is 0.662. The van der Waals surface area contributed by atoms with Gasteiger partial charge in [0, 0.05) is 12.6 Å². The van der Waals surface area contributed by atoms with E-state index in [1.165, 1.54) is 4.90 Å². The van der Waals surface area contributed by atoms with Gasteiger partial charge in [-0.1, -0.05) is 0 Å². The molecule has 19 heavy (non-hydrogen) atoms. The number of carbonyl (C=O) groups is 1. The van der Waals surface area contributed by atoms with Crippen LogP contribution >= 0.6 is 0 Å². The minimum Gasteiger partial charge on any atom is -0.394 e. The zero-order valence-electron chi connectivity index (χ0n) is 10.1. The van der Waals surface area contributed by atoms with E-state index in [-0.39, 0.29) is 18.2 Å². The van der Waals surface area contributed by atoms with Crippen LogP contribution in [-0.2, 0) is 0 Å². The largest absolute Gasteiger partial charge is 0.394 e. The third-order valence-electron chi connectivity index (χ3n) is 3.24. The lowest BCUT2D eigenvalue weighted by Crippen LogP contribution is -2.38. The standard InChI is InChI=1S/C12H13FN2O4/c13-11-6-8(15(18)19)3-4-10(11)12(17)14-5-1-2-9(14)7-16/h3-4,6,9,16H,1-2,5,7H2/t9-/m1/s1. The van der Waals surface area contributed by atoms with Crippen LogP contribution in [0.25, 0.3) is 0 Å². The smallest absolute Gasteiger partial charge is 0.272 e. The molecule has 0 aliphatic carbocycles. The lowest BCUT2D eigenvalue weighted by atomic mass is 10.1. The number of aliphatic hydroxyl groups excluding tert-OH is 1. The number of carbonyl (C=O) groups excluding carboxylic acids is 1. The van der Waals surface area contributed by atoms with Crippen molar-refractivity contribution in [2.45, 2.75) is 18.9 Å². The van der Waals surface area contributed by atoms with Gasteiger partial charge in [-0.05, 0) is 18.9 Å². The molecular weight excluding hydrogens is 255 g/mol. The van der Waals surface area contributed by atoms with Crippen molar-refractivity contribution in [3.05, 3.63) is 39.7 Å². The summed E-state index contributed by atoms with van der Waals surface area (Å²) < 4.78 is 13.7. The molecule has 1 aromatic carbocycles. The maximum Gasteiger partial charge on any atom is 0.272 e. The Labute approximate surface area is 108 Å². The summed E-state index contributed by atoms with van der Waals surface area (Å²) in [5, 5.41) is 19.6. The number of halogens is 1. The number of nitro benzene ring substituents is 1. The SMILES string of the molecule is O=C(c1ccc([N+](=O)[O-])cc1F)N1CCC[C@@H]1CO. The van der Waals surface area contributed by atoms with Crippen LogP contribution in [0.1, 0.15) is 23.2 Å². The van der Waals surface area contributed by atoms with E-state index in [1.807, 2.05) is 0 Å². The monoisotopic (exact) mass is 268 g/mol. The second kappa shape index (κ2) is 5.31. The van der Waals surface area contributed by atoms with Crippen molar-refractivity contribution < 1.29 is 19.2 Å². The maximum absolute atomic E-state index is 13.7. The van der Waals surface area contributed by atoms with E-state index in [1.54, 1.807) is 0 Å². The number of nitrogens with zero attached hydrogens (tertiary/aromatic N) is 2. The van der Waals surface area contributed by atoms with Gasteiger partial charge in [-0.3, -0.25) is 14.9 Å². The summed E-state index contributed by atoms with van der Waals surface area (Å²) in [6, 6.07) is 2.64. The van der Waals surface area contributed by atoms with Gasteiger partial charge >= 0.3 is 0 Å². The first-order valence-corrected chi connectivity index (χ1v) is 5.90. The molecule has 7 heteroatoms. The first-order valence-electron chi connectivity index (χ1n) is 5.90. The number of benzene rings is 1. The maximum atomic E-state index is 13.7. The molecule has 1 N–H and O–H groups in total. The normalized spacial score (nSPS) is 18.6. The molecule has 0 radical (unpaired) electrons. The molecule has 2 rings (SSSR count). The molecule has 1 aliphatic heterocycles. The van der Waals surface area contributed by atoms with Gasteiger partial charge in [-0.2, -0.15) is 0 Å². The minimum atomic E-state index is -0.914. The van der Waals surface area contributed by atoms with Crippen molar-refractivity contribution in [3.8, 4) is 0 Å². The molecule has 1 saturated heterocycles. The predicted octanol–water partition coefficient (Wildman–Crippen LogP) is 1.33. The summed E-state index contributed by atoms with van der Waals surface area (Å²) >= 11 is 0. The summed E-state index contributed by atoms with van der Waals surface area (Å²) in [6.45, 7) is 0.292. The lowest BCUT2D eigenvalue weighted by Gasteiger charge is -2.23. The van der Waals surface area contributed by atoms with Crippen molar-refractivity contribution in [3.63, 3.8) is 0 Å². The molecule has 1 aromatic rings. The summed E-state index contributed by atoms with van der Waals surface area (Å²) in [7, 11) is 0. The molecule has 1 heterocycles. The summed E-state index contributed by atoms with van der Waals surface area (Å²) in [6.07, 6.45) is 1.43. The Hall–Kier alpha value is -2.02. The third-order valence-corrected chi connectivity index (χ3v) is 3.24. The molecule has 6 nitrogen and oxygen atoms in total. The Morgan fingerprint density at radius 3 is 2.89 bits per heavy atom. The lowest BCUT2D eigenvalue weighted by molar-refractivity contribution is -0.385. The Kier molecular flexibility index (Phi) is 3.75. The molecule has 0 unspecified atom stereocenters. The van der Waals surface area contributed by atoms with Crippen LogP contribution in [0, 0.1) is 15.9 Å². The van der Waals surface area contributed by atoms with Crippen LogP contribution in [-0.4, -0.2) is 40.0 Å². The Morgan fingerprint density at radius 2 is 2.32 bits per heavy atom. The highest BCUT2D eigenvalue weighted by Gasteiger charge is 2.30. The third kappa shape index (κ3) is 2.55. The van der Waals surface area contributed by atoms with Crippen LogP contribution in [0.15, 0.2) is 18.2 Å². The highest BCUT2D eigenvalue weighted by atomic mass is 19.1. The molecule has 1 fully saturated rings. The second-order valence-corrected chi connectivity index (χ2v) is 4.40. The van der Waals surface area contributed by atoms with Crippen LogP contribution in [0.5, 0.6) is 0 Å². The van der Waals surface area contributed by atoms with Crippen molar-refractivity contribution >= 4 is 11.6 Å². The highest BCUT2D eigenvalue weighted by molar-refractivity contribution is 5.95. The number of non-ortho nitro benzene ring substituents is 1. The number of amides is 1. The summed E-state index contributed by atoms with van der Waals surface area (Å²) in [4.78, 5) is 23.3. The zero-order chi connectivity index (χ0) is 14.0. The van der Waals surface area contributed by atoms with Gasteiger partial charge in [-0.25, -0.2) is 4.39 Å². The molecule has 1 atom stereocenters. The van der Waals surface area contributed by atoms with E-state index in [4.69, 9.17) is 5.11 Å². The van der Waals surface area contributed by atoms with E-state index in [9.17, 15) is 19.3 Å². The minimum absolute atomic E-state index is 0.166. The highest BCUT2D eigenvalue weighted by Crippen LogP contribution is 2.23. The average Bonchev–Trinajstić information content (AvgIpc) is 2.85. The fourth-order valence-corrected chi connectivity index (χ4v) is 2.24. The fourth-order valence-electron chi connectivity index (χ4n) is 2.24. The first-order chi connectivity index (χ1) is 9.04. The van der Waals surface area contributed by atoms with Crippen molar-refractivity contribution in [1.29, 1.82) is 0 Å². The Morgan fingerprint density at radius 1 is 1.58 bits per heavy atom. The van der Waals surface area contributed by atoms with Crippen LogP contribution in [0.3, 0.4) is 0 Å². The predicted molar refractivity (Wildman–Crippen MR) is 64.2 cm³/mol. The van der Waals surface area contributed by atoms with E-state index in [0.717, 1.165) is 24.6 Å².